The van der Waals surface area contributed by atoms with Gasteiger partial charge in [-0.2, -0.15) is 5.10 Å². The van der Waals surface area contributed by atoms with Crippen molar-refractivity contribution >= 4 is 10.9 Å². The van der Waals surface area contributed by atoms with Crippen LogP contribution < -0.4 is 0 Å². The van der Waals surface area contributed by atoms with Gasteiger partial charge in [-0.1, -0.05) is 18.2 Å². The van der Waals surface area contributed by atoms with E-state index in [0.717, 1.165) is 17.8 Å². The Bertz CT molecular complexity index is 617. The van der Waals surface area contributed by atoms with Crippen LogP contribution in [0, 0.1) is 0 Å². The Hall–Kier alpha value is -1.43. The van der Waals surface area contributed by atoms with Crippen LogP contribution in [0.15, 0.2) is 24.3 Å². The molecule has 3 rings (SSSR count). The molecule has 5 nitrogen and oxygen atoms in total. The summed E-state index contributed by atoms with van der Waals surface area (Å²) >= 11 is 0. The number of benzene rings is 1. The van der Waals surface area contributed by atoms with E-state index < -0.39 is 5.60 Å². The summed E-state index contributed by atoms with van der Waals surface area (Å²) in [6, 6.07) is 8.26. The number of likely N-dealkylation sites (N-methyl/N-ethyl adjacent to an activating group) is 1. The maximum atomic E-state index is 10.6. The fourth-order valence-corrected chi connectivity index (χ4v) is 3.13. The Morgan fingerprint density at radius 2 is 2.05 bits per heavy atom. The molecule has 0 spiro atoms. The third-order valence-electron chi connectivity index (χ3n) is 4.24. The van der Waals surface area contributed by atoms with E-state index in [1.807, 2.05) is 30.9 Å². The number of aryl methyl sites for hydroxylation is 1. The highest BCUT2D eigenvalue weighted by Gasteiger charge is 2.31. The molecule has 1 aromatic heterocycles. The lowest BCUT2D eigenvalue weighted by molar-refractivity contribution is -0.0778. The Balaban J connectivity index is 1.73. The molecule has 1 aromatic carbocycles. The molecular weight excluding hydrogens is 266 g/mol. The number of hydrogen-bond acceptors (Lipinski definition) is 4. The number of aromatic nitrogens is 2. The zero-order valence-corrected chi connectivity index (χ0v) is 12.7. The summed E-state index contributed by atoms with van der Waals surface area (Å²) in [4.78, 5) is 2.15. The van der Waals surface area contributed by atoms with E-state index in [0.29, 0.717) is 32.6 Å². The molecule has 2 aromatic rings. The first-order valence-corrected chi connectivity index (χ1v) is 7.47. The lowest BCUT2D eigenvalue weighted by Crippen LogP contribution is -2.45. The van der Waals surface area contributed by atoms with E-state index in [-0.39, 0.29) is 0 Å². The largest absolute Gasteiger partial charge is 0.388 e. The molecule has 1 aliphatic rings. The first-order valence-electron chi connectivity index (χ1n) is 7.47. The van der Waals surface area contributed by atoms with E-state index in [1.165, 1.54) is 5.39 Å². The topological polar surface area (TPSA) is 50.5 Å². The second-order valence-corrected chi connectivity index (χ2v) is 6.10. The number of ether oxygens (including phenoxy) is 1. The van der Waals surface area contributed by atoms with Crippen LogP contribution in [-0.4, -0.2) is 52.2 Å². The quantitative estimate of drug-likeness (QED) is 0.928. The van der Waals surface area contributed by atoms with Crippen molar-refractivity contribution in [1.82, 2.24) is 14.7 Å². The van der Waals surface area contributed by atoms with Gasteiger partial charge >= 0.3 is 0 Å². The summed E-state index contributed by atoms with van der Waals surface area (Å²) in [5.41, 5.74) is 1.58. The average molecular weight is 289 g/mol. The summed E-state index contributed by atoms with van der Waals surface area (Å²) in [5, 5.41) is 16.4. The third kappa shape index (κ3) is 3.10. The Labute approximate surface area is 125 Å². The smallest absolute Gasteiger partial charge is 0.0843 e. The SMILES string of the molecule is CN(Cc1nn(C)c2ccccc12)CC1(O)CCOCC1. The zero-order chi connectivity index (χ0) is 14.9. The lowest BCUT2D eigenvalue weighted by atomic mass is 9.94. The van der Waals surface area contributed by atoms with Crippen molar-refractivity contribution in [3.8, 4) is 0 Å². The monoisotopic (exact) mass is 289 g/mol. The molecule has 0 amide bonds. The molecule has 0 radical (unpaired) electrons. The molecule has 2 heterocycles. The van der Waals surface area contributed by atoms with Gasteiger partial charge in [-0.15, -0.1) is 0 Å². The minimum atomic E-state index is -0.627. The van der Waals surface area contributed by atoms with Gasteiger partial charge in [0.2, 0.25) is 0 Å². The second kappa shape index (κ2) is 5.75. The minimum Gasteiger partial charge on any atom is -0.388 e. The van der Waals surface area contributed by atoms with Crippen LogP contribution in [-0.2, 0) is 18.3 Å². The molecule has 5 heteroatoms. The maximum Gasteiger partial charge on any atom is 0.0843 e. The number of rotatable bonds is 4. The molecule has 1 aliphatic heterocycles. The molecule has 0 bridgehead atoms. The van der Waals surface area contributed by atoms with Crippen molar-refractivity contribution in [3.63, 3.8) is 0 Å². The van der Waals surface area contributed by atoms with Gasteiger partial charge in [0.25, 0.3) is 0 Å². The van der Waals surface area contributed by atoms with E-state index in [1.54, 1.807) is 0 Å². The van der Waals surface area contributed by atoms with Crippen molar-refractivity contribution in [1.29, 1.82) is 0 Å². The van der Waals surface area contributed by atoms with Crippen LogP contribution in [0.25, 0.3) is 10.9 Å². The van der Waals surface area contributed by atoms with Gasteiger partial charge in [0.15, 0.2) is 0 Å². The van der Waals surface area contributed by atoms with Crippen molar-refractivity contribution in [2.24, 2.45) is 7.05 Å². The first-order chi connectivity index (χ1) is 10.1. The van der Waals surface area contributed by atoms with Crippen LogP contribution >= 0.6 is 0 Å². The summed E-state index contributed by atoms with van der Waals surface area (Å²) in [5.74, 6) is 0. The Morgan fingerprint density at radius 1 is 1.33 bits per heavy atom. The van der Waals surface area contributed by atoms with Gasteiger partial charge in [0.1, 0.15) is 0 Å². The third-order valence-corrected chi connectivity index (χ3v) is 4.24. The molecule has 114 valence electrons. The molecule has 1 fully saturated rings. The lowest BCUT2D eigenvalue weighted by Gasteiger charge is -2.35. The summed E-state index contributed by atoms with van der Waals surface area (Å²) in [6.45, 7) is 2.69. The van der Waals surface area contributed by atoms with Crippen LogP contribution in [0.3, 0.4) is 0 Å². The summed E-state index contributed by atoms with van der Waals surface area (Å²) in [7, 11) is 4.01. The van der Waals surface area contributed by atoms with Crippen LogP contribution in [0.1, 0.15) is 18.5 Å². The molecule has 21 heavy (non-hydrogen) atoms. The van der Waals surface area contributed by atoms with E-state index in [9.17, 15) is 5.11 Å². The minimum absolute atomic E-state index is 0.627. The van der Waals surface area contributed by atoms with E-state index in [4.69, 9.17) is 4.74 Å². The second-order valence-electron chi connectivity index (χ2n) is 6.10. The van der Waals surface area contributed by atoms with E-state index >= 15 is 0 Å². The Morgan fingerprint density at radius 3 is 2.81 bits per heavy atom. The first kappa shape index (κ1) is 14.5. The zero-order valence-electron chi connectivity index (χ0n) is 12.7. The van der Waals surface area contributed by atoms with Crippen molar-refractivity contribution in [3.05, 3.63) is 30.0 Å². The van der Waals surface area contributed by atoms with Crippen LogP contribution in [0.2, 0.25) is 0 Å². The van der Waals surface area contributed by atoms with Gasteiger partial charge in [-0.05, 0) is 13.1 Å². The van der Waals surface area contributed by atoms with Gasteiger partial charge in [-0.25, -0.2) is 0 Å². The van der Waals surface area contributed by atoms with Gasteiger partial charge in [0.05, 0.1) is 16.8 Å². The highest BCUT2D eigenvalue weighted by atomic mass is 16.5. The molecule has 0 atom stereocenters. The van der Waals surface area contributed by atoms with Gasteiger partial charge < -0.3 is 9.84 Å². The summed E-state index contributed by atoms with van der Waals surface area (Å²) < 4.78 is 7.25. The maximum absolute atomic E-state index is 10.6. The number of hydrogen-bond donors (Lipinski definition) is 1. The standard InChI is InChI=1S/C16H23N3O2/c1-18(12-16(20)7-9-21-10-8-16)11-14-13-5-3-4-6-15(13)19(2)17-14/h3-6,20H,7-12H2,1-2H3. The molecule has 1 N–H and O–H groups in total. The summed E-state index contributed by atoms with van der Waals surface area (Å²) in [6.07, 6.45) is 1.42. The van der Waals surface area contributed by atoms with Gasteiger partial charge in [-0.3, -0.25) is 9.58 Å². The van der Waals surface area contributed by atoms with Crippen molar-refractivity contribution < 1.29 is 9.84 Å². The van der Waals surface area contributed by atoms with Crippen LogP contribution in [0.5, 0.6) is 0 Å². The number of para-hydroxylation sites is 1. The highest BCUT2D eigenvalue weighted by molar-refractivity contribution is 5.81. The van der Waals surface area contributed by atoms with Crippen LogP contribution in [0.4, 0.5) is 0 Å². The molecule has 0 saturated carbocycles. The fraction of sp³-hybridized carbons (Fsp3) is 0.562. The van der Waals surface area contributed by atoms with Crippen molar-refractivity contribution in [2.75, 3.05) is 26.8 Å². The highest BCUT2D eigenvalue weighted by Crippen LogP contribution is 2.23. The number of nitrogens with zero attached hydrogens (tertiary/aromatic N) is 3. The van der Waals surface area contributed by atoms with Gasteiger partial charge in [0, 0.05) is 51.6 Å². The normalized spacial score (nSPS) is 18.5. The molecule has 0 aliphatic carbocycles. The fourth-order valence-electron chi connectivity index (χ4n) is 3.13. The number of aliphatic hydroxyl groups is 1. The predicted molar refractivity (Wildman–Crippen MR) is 82.1 cm³/mol. The number of fused-ring (bicyclic) bond motifs is 1. The average Bonchev–Trinajstić information content (AvgIpc) is 2.76. The Kier molecular flexibility index (Phi) is 3.97. The molecule has 0 unspecified atom stereocenters. The predicted octanol–water partition coefficient (Wildman–Crippen LogP) is 1.55. The van der Waals surface area contributed by atoms with Crippen molar-refractivity contribution in [2.45, 2.75) is 25.0 Å². The molecular formula is C16H23N3O2. The molecule has 1 saturated heterocycles. The van der Waals surface area contributed by atoms with E-state index in [2.05, 4.69) is 22.1 Å².